The highest BCUT2D eigenvalue weighted by atomic mass is 16.6. The molecule has 0 radical (unpaired) electrons. The number of hydrogen-bond acceptors (Lipinski definition) is 7. The number of nitrogens with one attached hydrogen (secondary N) is 1. The van der Waals surface area contributed by atoms with Crippen LogP contribution < -0.4 is 11.2 Å². The Bertz CT molecular complexity index is 565. The van der Waals surface area contributed by atoms with Gasteiger partial charge in [-0.05, 0) is 0 Å². The van der Waals surface area contributed by atoms with E-state index in [-0.39, 0.29) is 13.1 Å². The normalized spacial score (nSPS) is 30.2. The molecule has 3 N–H and O–H groups in total. The van der Waals surface area contributed by atoms with Crippen molar-refractivity contribution in [1.29, 1.82) is 0 Å². The van der Waals surface area contributed by atoms with Gasteiger partial charge in [0.25, 0.3) is 12.0 Å². The molecule has 19 heavy (non-hydrogen) atoms. The van der Waals surface area contributed by atoms with E-state index in [0.717, 1.165) is 16.8 Å². The van der Waals surface area contributed by atoms with Crippen molar-refractivity contribution in [3.63, 3.8) is 0 Å². The molecule has 2 unspecified atom stereocenters. The Hall–Kier alpha value is -1.97. The van der Waals surface area contributed by atoms with Crippen LogP contribution in [0.15, 0.2) is 21.9 Å². The van der Waals surface area contributed by atoms with Crippen molar-refractivity contribution in [3.05, 3.63) is 33.1 Å². The maximum absolute atomic E-state index is 11.5. The van der Waals surface area contributed by atoms with E-state index in [9.17, 15) is 24.6 Å². The third-order valence-electron chi connectivity index (χ3n) is 2.79. The quantitative estimate of drug-likeness (QED) is 0.509. The summed E-state index contributed by atoms with van der Waals surface area (Å²) in [5.41, 5.74) is -1.36. The molecule has 9 nitrogen and oxygen atoms in total. The average Bonchev–Trinajstić information content (AvgIpc) is 2.64. The molecule has 1 aliphatic rings. The SMILES string of the molecule is O=COC[C@@H]1O[C@H](n2ccc(=O)[nH]c2=O)C(O)C1O. The van der Waals surface area contributed by atoms with Gasteiger partial charge >= 0.3 is 5.69 Å². The summed E-state index contributed by atoms with van der Waals surface area (Å²) >= 11 is 0. The molecule has 1 aromatic rings. The van der Waals surface area contributed by atoms with Crippen LogP contribution in [0, 0.1) is 0 Å². The van der Waals surface area contributed by atoms with Gasteiger partial charge in [-0.3, -0.25) is 19.1 Å². The van der Waals surface area contributed by atoms with Gasteiger partial charge in [0, 0.05) is 12.3 Å². The van der Waals surface area contributed by atoms with E-state index in [4.69, 9.17) is 4.74 Å². The fourth-order valence-corrected chi connectivity index (χ4v) is 1.86. The first-order chi connectivity index (χ1) is 9.04. The van der Waals surface area contributed by atoms with Crippen LogP contribution in [-0.2, 0) is 14.3 Å². The summed E-state index contributed by atoms with van der Waals surface area (Å²) in [4.78, 5) is 34.6. The van der Waals surface area contributed by atoms with Gasteiger partial charge in [0.1, 0.15) is 24.9 Å². The standard InChI is InChI=1S/C10H12N2O7/c13-4-18-3-5-7(15)8(16)9(19-5)12-2-1-6(14)11-10(12)17/h1-2,4-5,7-9,15-16H,3H2,(H,11,14,17)/t5-,7?,8?,9-/m0/s1. The van der Waals surface area contributed by atoms with E-state index in [0.29, 0.717) is 0 Å². The van der Waals surface area contributed by atoms with Crippen LogP contribution in [0.1, 0.15) is 6.23 Å². The van der Waals surface area contributed by atoms with Gasteiger partial charge in [0.2, 0.25) is 0 Å². The first-order valence-corrected chi connectivity index (χ1v) is 5.43. The molecule has 4 atom stereocenters. The molecule has 2 heterocycles. The lowest BCUT2D eigenvalue weighted by atomic mass is 10.1. The van der Waals surface area contributed by atoms with Crippen LogP contribution in [0.4, 0.5) is 0 Å². The van der Waals surface area contributed by atoms with Crippen LogP contribution in [0.25, 0.3) is 0 Å². The number of aromatic nitrogens is 2. The number of aliphatic hydroxyl groups excluding tert-OH is 2. The highest BCUT2D eigenvalue weighted by molar-refractivity contribution is 5.37. The summed E-state index contributed by atoms with van der Waals surface area (Å²) in [7, 11) is 0. The molecule has 0 spiro atoms. The summed E-state index contributed by atoms with van der Waals surface area (Å²) in [6.07, 6.45) is -3.68. The van der Waals surface area contributed by atoms with Crippen LogP contribution in [0.2, 0.25) is 0 Å². The fraction of sp³-hybridized carbons (Fsp3) is 0.500. The minimum atomic E-state index is -1.39. The smallest absolute Gasteiger partial charge is 0.330 e. The van der Waals surface area contributed by atoms with Crippen molar-refractivity contribution in [2.45, 2.75) is 24.5 Å². The zero-order chi connectivity index (χ0) is 14.0. The second kappa shape index (κ2) is 5.34. The lowest BCUT2D eigenvalue weighted by Crippen LogP contribution is -2.37. The maximum Gasteiger partial charge on any atom is 0.330 e. The Morgan fingerprint density at radius 2 is 2.16 bits per heavy atom. The first kappa shape index (κ1) is 13.5. The molecule has 2 rings (SSSR count). The molecule has 0 aliphatic carbocycles. The van der Waals surface area contributed by atoms with E-state index in [2.05, 4.69) is 4.74 Å². The Morgan fingerprint density at radius 1 is 1.42 bits per heavy atom. The number of nitrogens with zero attached hydrogens (tertiary/aromatic N) is 1. The minimum absolute atomic E-state index is 0.183. The lowest BCUT2D eigenvalue weighted by molar-refractivity contribution is -0.135. The number of carbonyl (C=O) groups is 1. The topological polar surface area (TPSA) is 131 Å². The van der Waals surface area contributed by atoms with Gasteiger partial charge in [-0.1, -0.05) is 0 Å². The first-order valence-electron chi connectivity index (χ1n) is 5.43. The van der Waals surface area contributed by atoms with Crippen molar-refractivity contribution >= 4 is 6.47 Å². The molecule has 0 amide bonds. The molecule has 9 heteroatoms. The summed E-state index contributed by atoms with van der Waals surface area (Å²) in [5, 5.41) is 19.5. The van der Waals surface area contributed by atoms with Gasteiger partial charge < -0.3 is 19.7 Å². The molecule has 104 valence electrons. The maximum atomic E-state index is 11.5. The monoisotopic (exact) mass is 272 g/mol. The summed E-state index contributed by atoms with van der Waals surface area (Å²) in [6.45, 7) is -0.0711. The minimum Gasteiger partial charge on any atom is -0.465 e. The van der Waals surface area contributed by atoms with Gasteiger partial charge in [-0.15, -0.1) is 0 Å². The van der Waals surface area contributed by atoms with Crippen LogP contribution in [-0.4, -0.2) is 51.2 Å². The van der Waals surface area contributed by atoms with Crippen LogP contribution in [0.3, 0.4) is 0 Å². The fourth-order valence-electron chi connectivity index (χ4n) is 1.86. The van der Waals surface area contributed by atoms with Crippen molar-refractivity contribution in [2.24, 2.45) is 0 Å². The molecule has 1 aliphatic heterocycles. The zero-order valence-corrected chi connectivity index (χ0v) is 9.63. The highest BCUT2D eigenvalue weighted by Crippen LogP contribution is 2.28. The third kappa shape index (κ3) is 2.57. The number of hydrogen-bond donors (Lipinski definition) is 3. The third-order valence-corrected chi connectivity index (χ3v) is 2.79. The molecule has 0 aromatic carbocycles. The van der Waals surface area contributed by atoms with Gasteiger partial charge in [0.15, 0.2) is 6.23 Å². The van der Waals surface area contributed by atoms with E-state index < -0.39 is 35.8 Å². The van der Waals surface area contributed by atoms with Crippen molar-refractivity contribution in [3.8, 4) is 0 Å². The number of ether oxygens (including phenoxy) is 2. The Balaban J connectivity index is 2.23. The Labute approximate surface area is 106 Å². The number of rotatable bonds is 4. The van der Waals surface area contributed by atoms with Crippen LogP contribution >= 0.6 is 0 Å². The van der Waals surface area contributed by atoms with Gasteiger partial charge in [-0.25, -0.2) is 4.79 Å². The molecular formula is C10H12N2O7. The van der Waals surface area contributed by atoms with E-state index >= 15 is 0 Å². The largest absolute Gasteiger partial charge is 0.465 e. The van der Waals surface area contributed by atoms with E-state index in [1.807, 2.05) is 4.98 Å². The number of carbonyl (C=O) groups excluding carboxylic acids is 1. The van der Waals surface area contributed by atoms with Crippen LogP contribution in [0.5, 0.6) is 0 Å². The summed E-state index contributed by atoms with van der Waals surface area (Å²) < 4.78 is 10.6. The predicted octanol–water partition coefficient (Wildman–Crippen LogP) is -2.67. The van der Waals surface area contributed by atoms with Crippen molar-refractivity contribution in [2.75, 3.05) is 6.61 Å². The van der Waals surface area contributed by atoms with Crippen molar-refractivity contribution < 1.29 is 24.5 Å². The van der Waals surface area contributed by atoms with E-state index in [1.165, 1.54) is 0 Å². The molecule has 0 bridgehead atoms. The Kier molecular flexibility index (Phi) is 3.79. The Morgan fingerprint density at radius 3 is 2.79 bits per heavy atom. The second-order valence-corrected chi connectivity index (χ2v) is 3.99. The molecule has 0 saturated carbocycles. The summed E-state index contributed by atoms with van der Waals surface area (Å²) in [6, 6.07) is 1.08. The molecular weight excluding hydrogens is 260 g/mol. The van der Waals surface area contributed by atoms with Gasteiger partial charge in [0.05, 0.1) is 0 Å². The zero-order valence-electron chi connectivity index (χ0n) is 9.63. The number of H-pyrrole nitrogens is 1. The average molecular weight is 272 g/mol. The molecule has 1 aromatic heterocycles. The lowest BCUT2D eigenvalue weighted by Gasteiger charge is -2.16. The number of aromatic amines is 1. The number of aliphatic hydroxyl groups is 2. The van der Waals surface area contributed by atoms with Crippen molar-refractivity contribution in [1.82, 2.24) is 9.55 Å². The molecule has 1 saturated heterocycles. The highest BCUT2D eigenvalue weighted by Gasteiger charge is 2.44. The van der Waals surface area contributed by atoms with Gasteiger partial charge in [-0.2, -0.15) is 0 Å². The second-order valence-electron chi connectivity index (χ2n) is 3.99. The predicted molar refractivity (Wildman–Crippen MR) is 59.3 cm³/mol. The van der Waals surface area contributed by atoms with E-state index in [1.54, 1.807) is 0 Å². The summed E-state index contributed by atoms with van der Waals surface area (Å²) in [5.74, 6) is 0. The molecule has 1 fully saturated rings.